The maximum Gasteiger partial charge on any atom is 0.270 e. The average molecular weight is 363 g/mol. The second kappa shape index (κ2) is 7.33. The zero-order valence-electron chi connectivity index (χ0n) is 12.3. The first-order valence-corrected chi connectivity index (χ1v) is 7.72. The number of carbonyl (C=O) groups is 1. The number of hydrogen-bond donors (Lipinski definition) is 2. The van der Waals surface area contributed by atoms with E-state index in [0.29, 0.717) is 27.3 Å². The lowest BCUT2D eigenvalue weighted by Crippen LogP contribution is -2.23. The van der Waals surface area contributed by atoms with Crippen molar-refractivity contribution >= 4 is 40.6 Å². The van der Waals surface area contributed by atoms with Crippen LogP contribution in [0.1, 0.15) is 16.2 Å². The van der Waals surface area contributed by atoms with Crippen molar-refractivity contribution in [2.75, 3.05) is 5.32 Å². The molecule has 3 aromatic rings. The fourth-order valence-corrected chi connectivity index (χ4v) is 2.24. The second-order valence-corrected chi connectivity index (χ2v) is 5.62. The van der Waals surface area contributed by atoms with Gasteiger partial charge in [-0.2, -0.15) is 0 Å². The minimum atomic E-state index is -0.328. The molecule has 3 rings (SSSR count). The maximum atomic E-state index is 12.1. The first kappa shape index (κ1) is 16.3. The molecule has 0 aliphatic heterocycles. The van der Waals surface area contributed by atoms with Gasteiger partial charge in [-0.25, -0.2) is 9.97 Å². The lowest BCUT2D eigenvalue weighted by Gasteiger charge is -2.08. The maximum absolute atomic E-state index is 12.1. The number of aromatic nitrogens is 2. The molecule has 0 aliphatic carbocycles. The van der Waals surface area contributed by atoms with Gasteiger partial charge in [0.2, 0.25) is 0 Å². The first-order chi connectivity index (χ1) is 11.6. The number of nitrogens with zero attached hydrogens (tertiary/aromatic N) is 2. The van der Waals surface area contributed by atoms with Gasteiger partial charge in [-0.1, -0.05) is 23.2 Å². The summed E-state index contributed by atoms with van der Waals surface area (Å²) in [6, 6.07) is 10.2. The summed E-state index contributed by atoms with van der Waals surface area (Å²) in [5, 5.41) is 6.65. The number of carbonyl (C=O) groups excluding carboxylic acids is 1. The van der Waals surface area contributed by atoms with E-state index in [1.54, 1.807) is 42.7 Å². The lowest BCUT2D eigenvalue weighted by molar-refractivity contribution is 0.0943. The number of benzene rings is 1. The van der Waals surface area contributed by atoms with Crippen LogP contribution in [0.15, 0.2) is 53.4 Å². The van der Waals surface area contributed by atoms with Gasteiger partial charge in [-0.05, 0) is 30.3 Å². The van der Waals surface area contributed by atoms with Gasteiger partial charge in [-0.3, -0.25) is 4.79 Å². The number of hydrogen-bond acceptors (Lipinski definition) is 5. The highest BCUT2D eigenvalue weighted by atomic mass is 35.5. The number of rotatable bonds is 5. The minimum Gasteiger partial charge on any atom is -0.467 e. The van der Waals surface area contributed by atoms with E-state index >= 15 is 0 Å². The molecule has 1 aromatic carbocycles. The summed E-state index contributed by atoms with van der Waals surface area (Å²) in [5.74, 6) is 0.795. The smallest absolute Gasteiger partial charge is 0.270 e. The summed E-state index contributed by atoms with van der Waals surface area (Å²) in [6.45, 7) is 0.283. The number of furan rings is 1. The van der Waals surface area contributed by atoms with E-state index in [4.69, 9.17) is 27.6 Å². The summed E-state index contributed by atoms with van der Waals surface area (Å²) in [6.07, 6.45) is 2.85. The molecule has 0 saturated heterocycles. The molecule has 0 unspecified atom stereocenters. The summed E-state index contributed by atoms with van der Waals surface area (Å²) < 4.78 is 5.16. The Balaban J connectivity index is 1.68. The van der Waals surface area contributed by atoms with E-state index in [0.717, 1.165) is 0 Å². The Morgan fingerprint density at radius 3 is 2.75 bits per heavy atom. The topological polar surface area (TPSA) is 80.0 Å². The van der Waals surface area contributed by atoms with Crippen LogP contribution in [0, 0.1) is 0 Å². The Labute approximate surface area is 147 Å². The molecule has 6 nitrogen and oxygen atoms in total. The van der Waals surface area contributed by atoms with Crippen molar-refractivity contribution in [1.29, 1.82) is 0 Å². The molecule has 0 atom stereocenters. The molecule has 122 valence electrons. The van der Waals surface area contributed by atoms with E-state index in [1.807, 2.05) is 0 Å². The van der Waals surface area contributed by atoms with Gasteiger partial charge in [0.25, 0.3) is 5.91 Å². The van der Waals surface area contributed by atoms with Crippen LogP contribution in [0.4, 0.5) is 11.5 Å². The van der Waals surface area contributed by atoms with Gasteiger partial charge in [0.1, 0.15) is 23.6 Å². The second-order valence-electron chi connectivity index (χ2n) is 4.80. The van der Waals surface area contributed by atoms with Gasteiger partial charge >= 0.3 is 0 Å². The third kappa shape index (κ3) is 4.04. The van der Waals surface area contributed by atoms with Crippen LogP contribution in [0.25, 0.3) is 0 Å². The molecule has 1 amide bonds. The Hall–Kier alpha value is -2.57. The van der Waals surface area contributed by atoms with Gasteiger partial charge in [-0.15, -0.1) is 0 Å². The van der Waals surface area contributed by atoms with Crippen LogP contribution in [-0.4, -0.2) is 15.9 Å². The van der Waals surface area contributed by atoms with E-state index in [-0.39, 0.29) is 18.1 Å². The summed E-state index contributed by atoms with van der Waals surface area (Å²) >= 11 is 11.9. The SMILES string of the molecule is O=C(NCc1ccco1)c1cc(Nc2ccc(Cl)c(Cl)c2)ncn1. The quantitative estimate of drug-likeness (QED) is 0.715. The van der Waals surface area contributed by atoms with Gasteiger partial charge in [0, 0.05) is 11.8 Å². The van der Waals surface area contributed by atoms with Gasteiger partial charge in [0.15, 0.2) is 0 Å². The van der Waals surface area contributed by atoms with Crippen molar-refractivity contribution < 1.29 is 9.21 Å². The van der Waals surface area contributed by atoms with Crippen molar-refractivity contribution in [2.45, 2.75) is 6.54 Å². The zero-order chi connectivity index (χ0) is 16.9. The molecular weight excluding hydrogens is 351 g/mol. The zero-order valence-corrected chi connectivity index (χ0v) is 13.8. The third-order valence-corrected chi connectivity index (χ3v) is 3.83. The third-order valence-electron chi connectivity index (χ3n) is 3.10. The van der Waals surface area contributed by atoms with Crippen LogP contribution >= 0.6 is 23.2 Å². The molecule has 0 fully saturated rings. The average Bonchev–Trinajstić information content (AvgIpc) is 3.10. The molecular formula is C16H12Cl2N4O2. The number of amides is 1. The normalized spacial score (nSPS) is 10.4. The summed E-state index contributed by atoms with van der Waals surface area (Å²) in [7, 11) is 0. The van der Waals surface area contributed by atoms with Crippen molar-refractivity contribution in [3.63, 3.8) is 0 Å². The molecule has 0 radical (unpaired) electrons. The van der Waals surface area contributed by atoms with Crippen molar-refractivity contribution in [3.05, 3.63) is 70.5 Å². The van der Waals surface area contributed by atoms with Crippen LogP contribution in [-0.2, 0) is 6.54 Å². The van der Waals surface area contributed by atoms with Gasteiger partial charge in [0.05, 0.1) is 22.9 Å². The van der Waals surface area contributed by atoms with Crippen molar-refractivity contribution in [1.82, 2.24) is 15.3 Å². The molecule has 0 saturated carbocycles. The van der Waals surface area contributed by atoms with E-state index in [2.05, 4.69) is 20.6 Å². The molecule has 24 heavy (non-hydrogen) atoms. The number of halogens is 2. The fraction of sp³-hybridized carbons (Fsp3) is 0.0625. The molecule has 0 aliphatic rings. The van der Waals surface area contributed by atoms with Crippen molar-refractivity contribution in [2.24, 2.45) is 0 Å². The summed E-state index contributed by atoms with van der Waals surface area (Å²) in [4.78, 5) is 20.2. The largest absolute Gasteiger partial charge is 0.467 e. The molecule has 8 heteroatoms. The highest BCUT2D eigenvalue weighted by Gasteiger charge is 2.10. The van der Waals surface area contributed by atoms with E-state index in [1.165, 1.54) is 6.33 Å². The predicted molar refractivity (Wildman–Crippen MR) is 91.7 cm³/mol. The monoisotopic (exact) mass is 362 g/mol. The van der Waals surface area contributed by atoms with E-state index < -0.39 is 0 Å². The summed E-state index contributed by atoms with van der Waals surface area (Å²) in [5.41, 5.74) is 0.934. The van der Waals surface area contributed by atoms with E-state index in [9.17, 15) is 4.79 Å². The Kier molecular flexibility index (Phi) is 4.98. The fourth-order valence-electron chi connectivity index (χ4n) is 1.94. The molecule has 2 N–H and O–H groups in total. The molecule has 0 spiro atoms. The standard InChI is InChI=1S/C16H12Cl2N4O2/c17-12-4-3-10(6-13(12)18)22-15-7-14(20-9-21-15)16(23)19-8-11-2-1-5-24-11/h1-7,9H,8H2,(H,19,23)(H,20,21,22). The van der Waals surface area contributed by atoms with Crippen LogP contribution in [0.2, 0.25) is 10.0 Å². The Bertz CT molecular complexity index is 853. The Morgan fingerprint density at radius 1 is 1.12 bits per heavy atom. The molecule has 2 aromatic heterocycles. The highest BCUT2D eigenvalue weighted by Crippen LogP contribution is 2.26. The number of anilines is 2. The lowest BCUT2D eigenvalue weighted by atomic mass is 10.3. The van der Waals surface area contributed by atoms with Gasteiger partial charge < -0.3 is 15.1 Å². The molecule has 2 heterocycles. The predicted octanol–water partition coefficient (Wildman–Crippen LogP) is 4.05. The first-order valence-electron chi connectivity index (χ1n) is 6.96. The Morgan fingerprint density at radius 2 is 2.00 bits per heavy atom. The van der Waals surface area contributed by atoms with Crippen LogP contribution in [0.5, 0.6) is 0 Å². The molecule has 0 bridgehead atoms. The highest BCUT2D eigenvalue weighted by molar-refractivity contribution is 6.42. The van der Waals surface area contributed by atoms with Crippen LogP contribution < -0.4 is 10.6 Å². The minimum absolute atomic E-state index is 0.235. The van der Waals surface area contributed by atoms with Crippen molar-refractivity contribution in [3.8, 4) is 0 Å². The van der Waals surface area contributed by atoms with Crippen LogP contribution in [0.3, 0.4) is 0 Å². The number of nitrogens with one attached hydrogen (secondary N) is 2.